The molecule has 0 aliphatic heterocycles. The number of aromatic nitrogens is 1. The van der Waals surface area contributed by atoms with E-state index in [2.05, 4.69) is 10.6 Å². The van der Waals surface area contributed by atoms with Crippen LogP contribution in [0, 0.1) is 0 Å². The van der Waals surface area contributed by atoms with E-state index in [0.717, 1.165) is 5.56 Å². The third kappa shape index (κ3) is 5.72. The number of carbonyl (C=O) groups excluding carboxylic acids is 3. The lowest BCUT2D eigenvalue weighted by Gasteiger charge is -2.08. The smallest absolute Gasteiger partial charge is 0.310 e. The fourth-order valence-corrected chi connectivity index (χ4v) is 3.07. The van der Waals surface area contributed by atoms with Crippen LogP contribution >= 0.6 is 0 Å². The van der Waals surface area contributed by atoms with E-state index in [1.165, 1.54) is 0 Å². The molecule has 0 aliphatic carbocycles. The van der Waals surface area contributed by atoms with Crippen LogP contribution in [-0.2, 0) is 23.0 Å². The van der Waals surface area contributed by atoms with Gasteiger partial charge in [-0.2, -0.15) is 0 Å². The SMILES string of the molecule is CCOC(=O)Cc1cccc(NC(=O)c2cc(NC(=O)c3cccc(N)c3)cn2C)c1. The number of aryl methyl sites for hydroxylation is 1. The zero-order chi connectivity index (χ0) is 22.4. The van der Waals surface area contributed by atoms with Crippen LogP contribution in [0.1, 0.15) is 33.3 Å². The number of benzene rings is 2. The lowest BCUT2D eigenvalue weighted by molar-refractivity contribution is -0.142. The molecule has 3 rings (SSSR count). The van der Waals surface area contributed by atoms with Crippen molar-refractivity contribution in [3.05, 3.63) is 77.6 Å². The van der Waals surface area contributed by atoms with Gasteiger partial charge in [-0.15, -0.1) is 0 Å². The summed E-state index contributed by atoms with van der Waals surface area (Å²) in [5, 5.41) is 5.57. The standard InChI is InChI=1S/C23H24N4O4/c1-3-31-21(28)11-15-6-4-9-18(10-15)25-23(30)20-13-19(14-27(20)2)26-22(29)16-7-5-8-17(24)12-16/h4-10,12-14H,3,11,24H2,1-2H3,(H,25,30)(H,26,29). The average molecular weight is 420 g/mol. The molecule has 2 aromatic carbocycles. The van der Waals surface area contributed by atoms with Crippen LogP contribution in [0.5, 0.6) is 0 Å². The average Bonchev–Trinajstić information content (AvgIpc) is 3.08. The van der Waals surface area contributed by atoms with Gasteiger partial charge < -0.3 is 25.7 Å². The number of ether oxygens (including phenoxy) is 1. The minimum atomic E-state index is -0.347. The zero-order valence-corrected chi connectivity index (χ0v) is 17.3. The summed E-state index contributed by atoms with van der Waals surface area (Å²) in [5.41, 5.74) is 8.77. The molecule has 0 aliphatic rings. The number of carbonyl (C=O) groups is 3. The van der Waals surface area contributed by atoms with Crippen molar-refractivity contribution < 1.29 is 19.1 Å². The van der Waals surface area contributed by atoms with Crippen LogP contribution in [0.25, 0.3) is 0 Å². The number of esters is 1. The predicted molar refractivity (Wildman–Crippen MR) is 119 cm³/mol. The third-order valence-corrected chi connectivity index (χ3v) is 4.48. The molecule has 0 spiro atoms. The monoisotopic (exact) mass is 420 g/mol. The van der Waals surface area contributed by atoms with Crippen molar-refractivity contribution in [1.82, 2.24) is 4.57 Å². The van der Waals surface area contributed by atoms with Crippen LogP contribution in [0.4, 0.5) is 17.1 Å². The molecule has 0 saturated carbocycles. The van der Waals surface area contributed by atoms with Gasteiger partial charge >= 0.3 is 5.97 Å². The maximum Gasteiger partial charge on any atom is 0.310 e. The number of nitrogen functional groups attached to an aromatic ring is 1. The highest BCUT2D eigenvalue weighted by atomic mass is 16.5. The molecule has 0 radical (unpaired) electrons. The molecular weight excluding hydrogens is 396 g/mol. The molecule has 8 nitrogen and oxygen atoms in total. The molecule has 1 heterocycles. The largest absolute Gasteiger partial charge is 0.466 e. The van der Waals surface area contributed by atoms with Crippen molar-refractivity contribution in [2.45, 2.75) is 13.3 Å². The summed E-state index contributed by atoms with van der Waals surface area (Å²) in [6.45, 7) is 2.07. The molecule has 0 saturated heterocycles. The van der Waals surface area contributed by atoms with E-state index in [1.807, 2.05) is 0 Å². The quantitative estimate of drug-likeness (QED) is 0.401. The lowest BCUT2D eigenvalue weighted by atomic mass is 10.1. The second kappa shape index (κ2) is 9.62. The van der Waals surface area contributed by atoms with Gasteiger partial charge in [-0.1, -0.05) is 18.2 Å². The van der Waals surface area contributed by atoms with E-state index in [9.17, 15) is 14.4 Å². The summed E-state index contributed by atoms with van der Waals surface area (Å²) >= 11 is 0. The number of nitrogens with two attached hydrogens (primary N) is 1. The summed E-state index contributed by atoms with van der Waals surface area (Å²) in [6.07, 6.45) is 1.78. The third-order valence-electron chi connectivity index (χ3n) is 4.48. The highest BCUT2D eigenvalue weighted by Gasteiger charge is 2.15. The van der Waals surface area contributed by atoms with E-state index >= 15 is 0 Å². The summed E-state index contributed by atoms with van der Waals surface area (Å²) in [6, 6.07) is 15.2. The van der Waals surface area contributed by atoms with Gasteiger partial charge in [-0.05, 0) is 48.9 Å². The highest BCUT2D eigenvalue weighted by Crippen LogP contribution is 2.18. The van der Waals surface area contributed by atoms with E-state index in [0.29, 0.717) is 34.9 Å². The van der Waals surface area contributed by atoms with Crippen molar-refractivity contribution in [2.75, 3.05) is 23.0 Å². The van der Waals surface area contributed by atoms with Crippen LogP contribution in [0.15, 0.2) is 60.8 Å². The Morgan fingerprint density at radius 3 is 2.45 bits per heavy atom. The Morgan fingerprint density at radius 2 is 1.71 bits per heavy atom. The summed E-state index contributed by atoms with van der Waals surface area (Å²) in [5.74, 6) is -0.995. The molecule has 3 aromatic rings. The number of amides is 2. The second-order valence-corrected chi connectivity index (χ2v) is 6.94. The van der Waals surface area contributed by atoms with Gasteiger partial charge in [0.1, 0.15) is 5.69 Å². The topological polar surface area (TPSA) is 115 Å². The van der Waals surface area contributed by atoms with Crippen molar-refractivity contribution in [3.8, 4) is 0 Å². The summed E-state index contributed by atoms with van der Waals surface area (Å²) < 4.78 is 6.57. The minimum absolute atomic E-state index is 0.127. The summed E-state index contributed by atoms with van der Waals surface area (Å²) in [4.78, 5) is 36.8. The normalized spacial score (nSPS) is 10.4. The second-order valence-electron chi connectivity index (χ2n) is 6.94. The van der Waals surface area contributed by atoms with Gasteiger partial charge in [0.15, 0.2) is 0 Å². The Morgan fingerprint density at radius 1 is 0.968 bits per heavy atom. The number of nitrogens with zero attached hydrogens (tertiary/aromatic N) is 1. The predicted octanol–water partition coefficient (Wildman–Crippen LogP) is 3.22. The molecule has 4 N–H and O–H groups in total. The van der Waals surface area contributed by atoms with Gasteiger partial charge in [-0.3, -0.25) is 14.4 Å². The van der Waals surface area contributed by atoms with E-state index in [1.54, 1.807) is 79.3 Å². The van der Waals surface area contributed by atoms with Gasteiger partial charge in [0.25, 0.3) is 11.8 Å². The van der Waals surface area contributed by atoms with Crippen molar-refractivity contribution >= 4 is 34.8 Å². The Hall–Kier alpha value is -4.07. The number of hydrogen-bond donors (Lipinski definition) is 3. The van der Waals surface area contributed by atoms with Gasteiger partial charge in [0.2, 0.25) is 0 Å². The molecular formula is C23H24N4O4. The Bertz CT molecular complexity index is 1120. The number of anilines is 3. The van der Waals surface area contributed by atoms with Crippen molar-refractivity contribution in [1.29, 1.82) is 0 Å². The van der Waals surface area contributed by atoms with E-state index in [-0.39, 0.29) is 24.2 Å². The van der Waals surface area contributed by atoms with Gasteiger partial charge in [-0.25, -0.2) is 0 Å². The van der Waals surface area contributed by atoms with Crippen LogP contribution in [0.2, 0.25) is 0 Å². The molecule has 0 unspecified atom stereocenters. The van der Waals surface area contributed by atoms with E-state index in [4.69, 9.17) is 10.5 Å². The van der Waals surface area contributed by atoms with Crippen molar-refractivity contribution in [3.63, 3.8) is 0 Å². The Kier molecular flexibility index (Phi) is 6.71. The Labute approximate surface area is 180 Å². The number of hydrogen-bond acceptors (Lipinski definition) is 5. The fraction of sp³-hybridized carbons (Fsp3) is 0.174. The first kappa shape index (κ1) is 21.6. The maximum absolute atomic E-state index is 12.7. The first-order valence-corrected chi connectivity index (χ1v) is 9.75. The molecule has 0 atom stereocenters. The maximum atomic E-state index is 12.7. The molecule has 2 amide bonds. The Balaban J connectivity index is 1.68. The molecule has 0 fully saturated rings. The number of nitrogens with one attached hydrogen (secondary N) is 2. The highest BCUT2D eigenvalue weighted by molar-refractivity contribution is 6.07. The van der Waals surface area contributed by atoms with Crippen molar-refractivity contribution in [2.24, 2.45) is 7.05 Å². The minimum Gasteiger partial charge on any atom is -0.466 e. The van der Waals surface area contributed by atoms with Crippen LogP contribution < -0.4 is 16.4 Å². The van der Waals surface area contributed by atoms with E-state index < -0.39 is 0 Å². The molecule has 1 aromatic heterocycles. The van der Waals surface area contributed by atoms with Crippen LogP contribution in [0.3, 0.4) is 0 Å². The zero-order valence-electron chi connectivity index (χ0n) is 17.3. The molecule has 160 valence electrons. The lowest BCUT2D eigenvalue weighted by Crippen LogP contribution is -2.15. The molecule has 31 heavy (non-hydrogen) atoms. The first-order valence-electron chi connectivity index (χ1n) is 9.75. The van der Waals surface area contributed by atoms with Gasteiger partial charge in [0.05, 0.1) is 18.7 Å². The van der Waals surface area contributed by atoms with Gasteiger partial charge in [0, 0.05) is 30.2 Å². The summed E-state index contributed by atoms with van der Waals surface area (Å²) in [7, 11) is 1.71. The fourth-order valence-electron chi connectivity index (χ4n) is 3.07. The molecule has 0 bridgehead atoms. The number of rotatable bonds is 7. The first-order chi connectivity index (χ1) is 14.9. The molecule has 8 heteroatoms. The van der Waals surface area contributed by atoms with Crippen LogP contribution in [-0.4, -0.2) is 29.0 Å².